The molecule has 0 aliphatic heterocycles. The van der Waals surface area contributed by atoms with Gasteiger partial charge in [-0.05, 0) is 25.3 Å². The minimum absolute atomic E-state index is 0.178. The molecule has 0 radical (unpaired) electrons. The molecule has 1 heterocycles. The maximum absolute atomic E-state index is 11.5. The summed E-state index contributed by atoms with van der Waals surface area (Å²) in [5.74, 6) is -0.269. The van der Waals surface area contributed by atoms with Gasteiger partial charge in [-0.25, -0.2) is 4.98 Å². The van der Waals surface area contributed by atoms with Crippen LogP contribution in [0.25, 0.3) is 0 Å². The van der Waals surface area contributed by atoms with Crippen LogP contribution in [0, 0.1) is 0 Å². The summed E-state index contributed by atoms with van der Waals surface area (Å²) in [4.78, 5) is 15.9. The average Bonchev–Trinajstić information content (AvgIpc) is 3.15. The Bertz CT molecular complexity index is 785. The number of benzene rings is 1. The van der Waals surface area contributed by atoms with E-state index in [1.807, 2.05) is 23.6 Å². The largest absolute Gasteiger partial charge is 0.466 e. The zero-order chi connectivity index (χ0) is 19.6. The van der Waals surface area contributed by atoms with Crippen molar-refractivity contribution >= 4 is 28.7 Å². The Balaban J connectivity index is 1.53. The summed E-state index contributed by atoms with van der Waals surface area (Å²) in [5, 5.41) is 6.78. The second-order valence-corrected chi connectivity index (χ2v) is 7.62. The quantitative estimate of drug-likeness (QED) is 0.379. The Morgan fingerprint density at radius 1 is 1.32 bits per heavy atom. The van der Waals surface area contributed by atoms with Crippen LogP contribution in [0.5, 0.6) is 0 Å². The van der Waals surface area contributed by atoms with Crippen LogP contribution in [0.15, 0.2) is 34.7 Å². The number of hydrazone groups is 1. The van der Waals surface area contributed by atoms with E-state index >= 15 is 0 Å². The molecule has 0 unspecified atom stereocenters. The van der Waals surface area contributed by atoms with Gasteiger partial charge in [0.15, 0.2) is 0 Å². The van der Waals surface area contributed by atoms with Crippen LogP contribution in [0.2, 0.25) is 0 Å². The summed E-state index contributed by atoms with van der Waals surface area (Å²) in [5.41, 5.74) is 5.77. The van der Waals surface area contributed by atoms with Crippen molar-refractivity contribution < 1.29 is 14.3 Å². The van der Waals surface area contributed by atoms with Gasteiger partial charge in [-0.1, -0.05) is 43.5 Å². The Morgan fingerprint density at radius 3 is 2.96 bits per heavy atom. The van der Waals surface area contributed by atoms with E-state index in [2.05, 4.69) is 21.6 Å². The van der Waals surface area contributed by atoms with E-state index in [-0.39, 0.29) is 12.4 Å². The molecule has 7 heteroatoms. The van der Waals surface area contributed by atoms with Gasteiger partial charge in [0.1, 0.15) is 0 Å². The van der Waals surface area contributed by atoms with E-state index in [1.54, 1.807) is 13.1 Å². The highest BCUT2D eigenvalue weighted by Gasteiger charge is 2.14. The lowest BCUT2D eigenvalue weighted by Gasteiger charge is -2.22. The number of rotatable bonds is 9. The standard InChI is InChI=1S/C21H27N3O3S/c1-2-26-20(25)12-18-15-28-21(23-18)24-22-13-16-8-6-7-9-17(16)14-27-19-10-4-3-5-11-19/h6-9,13,15,19H,2-5,10-12,14H2,1H3,(H,23,24). The Morgan fingerprint density at radius 2 is 2.14 bits per heavy atom. The molecule has 0 atom stereocenters. The van der Waals surface area contributed by atoms with E-state index in [1.165, 1.54) is 30.6 Å². The SMILES string of the molecule is CCOC(=O)Cc1csc(NN=Cc2ccccc2COC2CCCCC2)n1. The molecule has 3 rings (SSSR count). The monoisotopic (exact) mass is 401 g/mol. The van der Waals surface area contributed by atoms with Crippen molar-refractivity contribution in [2.45, 2.75) is 58.2 Å². The molecule has 6 nitrogen and oxygen atoms in total. The minimum Gasteiger partial charge on any atom is -0.466 e. The lowest BCUT2D eigenvalue weighted by atomic mass is 9.98. The number of thiazole rings is 1. The number of nitrogens with zero attached hydrogens (tertiary/aromatic N) is 2. The zero-order valence-electron chi connectivity index (χ0n) is 16.2. The highest BCUT2D eigenvalue weighted by Crippen LogP contribution is 2.22. The number of carbonyl (C=O) groups is 1. The van der Waals surface area contributed by atoms with Gasteiger partial charge in [-0.3, -0.25) is 10.2 Å². The zero-order valence-corrected chi connectivity index (χ0v) is 17.0. The maximum atomic E-state index is 11.5. The second-order valence-electron chi connectivity index (χ2n) is 6.77. The third kappa shape index (κ3) is 6.42. The average molecular weight is 402 g/mol. The molecular formula is C21H27N3O3S. The molecule has 150 valence electrons. The fraction of sp³-hybridized carbons (Fsp3) is 0.476. The molecule has 0 amide bonds. The van der Waals surface area contributed by atoms with Crippen LogP contribution >= 0.6 is 11.3 Å². The first-order valence-corrected chi connectivity index (χ1v) is 10.7. The second kappa shape index (κ2) is 10.9. The molecule has 1 aromatic carbocycles. The minimum atomic E-state index is -0.269. The van der Waals surface area contributed by atoms with Crippen LogP contribution in [0.4, 0.5) is 5.13 Å². The maximum Gasteiger partial charge on any atom is 0.311 e. The van der Waals surface area contributed by atoms with E-state index in [4.69, 9.17) is 9.47 Å². The Kier molecular flexibility index (Phi) is 7.99. The summed E-state index contributed by atoms with van der Waals surface area (Å²) < 4.78 is 11.0. The van der Waals surface area contributed by atoms with Crippen molar-refractivity contribution in [1.82, 2.24) is 4.98 Å². The van der Waals surface area contributed by atoms with Gasteiger partial charge >= 0.3 is 5.97 Å². The molecule has 1 aliphatic carbocycles. The third-order valence-corrected chi connectivity index (χ3v) is 5.42. The summed E-state index contributed by atoms with van der Waals surface area (Å²) in [6.07, 6.45) is 8.53. The molecule has 1 aliphatic rings. The first-order chi connectivity index (χ1) is 13.7. The van der Waals surface area contributed by atoms with Gasteiger partial charge in [0, 0.05) is 10.9 Å². The smallest absolute Gasteiger partial charge is 0.311 e. The molecule has 1 fully saturated rings. The van der Waals surface area contributed by atoms with Crippen LogP contribution in [0.1, 0.15) is 55.8 Å². The summed E-state index contributed by atoms with van der Waals surface area (Å²) in [6.45, 7) is 2.77. The molecular weight excluding hydrogens is 374 g/mol. The number of hydrogen-bond acceptors (Lipinski definition) is 7. The van der Waals surface area contributed by atoms with E-state index in [0.717, 1.165) is 24.0 Å². The first kappa shape index (κ1) is 20.5. The molecule has 28 heavy (non-hydrogen) atoms. The fourth-order valence-electron chi connectivity index (χ4n) is 3.19. The number of ether oxygens (including phenoxy) is 2. The normalized spacial score (nSPS) is 15.0. The molecule has 1 saturated carbocycles. The number of aromatic nitrogens is 1. The molecule has 0 spiro atoms. The number of anilines is 1. The van der Waals surface area contributed by atoms with Crippen LogP contribution < -0.4 is 5.43 Å². The van der Waals surface area contributed by atoms with E-state index < -0.39 is 0 Å². The Hall–Kier alpha value is -2.25. The molecule has 0 saturated heterocycles. The predicted molar refractivity (Wildman–Crippen MR) is 112 cm³/mol. The molecule has 2 aromatic rings. The van der Waals surface area contributed by atoms with E-state index in [9.17, 15) is 4.79 Å². The van der Waals surface area contributed by atoms with Gasteiger partial charge < -0.3 is 9.47 Å². The van der Waals surface area contributed by atoms with Crippen molar-refractivity contribution in [3.05, 3.63) is 46.5 Å². The molecule has 1 N–H and O–H groups in total. The van der Waals surface area contributed by atoms with Gasteiger partial charge in [-0.15, -0.1) is 11.3 Å². The van der Waals surface area contributed by atoms with Crippen LogP contribution in [0.3, 0.4) is 0 Å². The lowest BCUT2D eigenvalue weighted by Crippen LogP contribution is -2.16. The summed E-state index contributed by atoms with van der Waals surface area (Å²) >= 11 is 1.41. The Labute approximate surface area is 170 Å². The first-order valence-electron chi connectivity index (χ1n) is 9.83. The van der Waals surface area contributed by atoms with Crippen molar-refractivity contribution in [2.24, 2.45) is 5.10 Å². The van der Waals surface area contributed by atoms with Gasteiger partial charge in [-0.2, -0.15) is 5.10 Å². The highest BCUT2D eigenvalue weighted by atomic mass is 32.1. The van der Waals surface area contributed by atoms with Crippen molar-refractivity contribution in [3.63, 3.8) is 0 Å². The van der Waals surface area contributed by atoms with Crippen LogP contribution in [-0.4, -0.2) is 29.9 Å². The number of nitrogens with one attached hydrogen (secondary N) is 1. The van der Waals surface area contributed by atoms with E-state index in [0.29, 0.717) is 30.1 Å². The predicted octanol–water partition coefficient (Wildman–Crippen LogP) is 4.54. The van der Waals surface area contributed by atoms with Gasteiger partial charge in [0.05, 0.1) is 37.6 Å². The molecule has 0 bridgehead atoms. The lowest BCUT2D eigenvalue weighted by molar-refractivity contribution is -0.142. The summed E-state index contributed by atoms with van der Waals surface area (Å²) in [6, 6.07) is 8.11. The van der Waals surface area contributed by atoms with Crippen molar-refractivity contribution in [3.8, 4) is 0 Å². The van der Waals surface area contributed by atoms with Gasteiger partial charge in [0.25, 0.3) is 0 Å². The number of hydrogen-bond donors (Lipinski definition) is 1. The number of carbonyl (C=O) groups excluding carboxylic acids is 1. The fourth-order valence-corrected chi connectivity index (χ4v) is 3.85. The highest BCUT2D eigenvalue weighted by molar-refractivity contribution is 7.13. The number of esters is 1. The third-order valence-electron chi connectivity index (χ3n) is 4.63. The van der Waals surface area contributed by atoms with Crippen molar-refractivity contribution in [1.29, 1.82) is 0 Å². The summed E-state index contributed by atoms with van der Waals surface area (Å²) in [7, 11) is 0. The molecule has 1 aromatic heterocycles. The van der Waals surface area contributed by atoms with Crippen LogP contribution in [-0.2, 0) is 27.3 Å². The topological polar surface area (TPSA) is 72.8 Å². The van der Waals surface area contributed by atoms with Crippen molar-refractivity contribution in [2.75, 3.05) is 12.0 Å². The van der Waals surface area contributed by atoms with Gasteiger partial charge in [0.2, 0.25) is 5.13 Å².